The molecule has 1 amide bonds. The molecule has 0 saturated carbocycles. The van der Waals surface area contributed by atoms with Crippen LogP contribution in [0.3, 0.4) is 0 Å². The van der Waals surface area contributed by atoms with Crippen LogP contribution in [0, 0.1) is 11.8 Å². The third-order valence-corrected chi connectivity index (χ3v) is 15.7. The Balaban J connectivity index is 1.56. The van der Waals surface area contributed by atoms with Crippen molar-refractivity contribution in [2.45, 2.75) is 69.2 Å². The first kappa shape index (κ1) is 42.0. The summed E-state index contributed by atoms with van der Waals surface area (Å²) in [5.74, 6) is 2.96. The Morgan fingerprint density at radius 3 is 2.36 bits per heavy atom. The lowest BCUT2D eigenvalue weighted by Crippen LogP contribution is -2.67. The van der Waals surface area contributed by atoms with Gasteiger partial charge in [-0.2, -0.15) is 23.3 Å². The number of nitrogens with zero attached hydrogens (tertiary/aromatic N) is 5. The first-order valence-electron chi connectivity index (χ1n) is 17.4. The molecule has 2 aromatic heterocycles. The van der Waals surface area contributed by atoms with Crippen molar-refractivity contribution >= 4 is 69.5 Å². The molecule has 18 heteroatoms. The lowest BCUT2D eigenvalue weighted by Gasteiger charge is -2.43. The SMILES string of the molecule is CSSC(C)O[C@@H]1C[C@H](n2nc(C#CCNC(=O)C(F)(F)F)c3c(=O)[nH]c(/N=C\N(C)C)nc32)O[C@@H]1CO[Si](c1ccccc1)(c1ccccc1)C(C)(C)C. The van der Waals surface area contributed by atoms with Crippen LogP contribution in [0.1, 0.15) is 46.0 Å². The van der Waals surface area contributed by atoms with Gasteiger partial charge in [-0.1, -0.05) is 109 Å². The van der Waals surface area contributed by atoms with Crippen LogP contribution < -0.4 is 21.2 Å². The van der Waals surface area contributed by atoms with Crippen molar-refractivity contribution in [3.8, 4) is 11.8 Å². The molecule has 294 valence electrons. The molecule has 0 spiro atoms. The minimum absolute atomic E-state index is 0.00773. The van der Waals surface area contributed by atoms with E-state index < -0.39 is 50.9 Å². The van der Waals surface area contributed by atoms with E-state index in [-0.39, 0.29) is 39.8 Å². The number of halogens is 3. The van der Waals surface area contributed by atoms with Crippen LogP contribution >= 0.6 is 21.6 Å². The van der Waals surface area contributed by atoms with Crippen LogP contribution in [0.25, 0.3) is 11.0 Å². The molecule has 0 radical (unpaired) electrons. The number of carbonyl (C=O) groups is 1. The van der Waals surface area contributed by atoms with Crippen molar-refractivity contribution < 1.29 is 31.9 Å². The van der Waals surface area contributed by atoms with E-state index in [0.717, 1.165) is 10.4 Å². The topological polar surface area (TPSA) is 136 Å². The number of alkyl halides is 3. The van der Waals surface area contributed by atoms with Crippen molar-refractivity contribution in [3.63, 3.8) is 0 Å². The number of aliphatic imine (C=N–C) groups is 1. The Hall–Kier alpha value is -4.12. The Morgan fingerprint density at radius 2 is 1.80 bits per heavy atom. The fourth-order valence-corrected chi connectivity index (χ4v) is 12.4. The molecule has 2 N–H and O–H groups in total. The van der Waals surface area contributed by atoms with E-state index in [1.807, 2.05) is 49.6 Å². The minimum Gasteiger partial charge on any atom is -0.405 e. The third kappa shape index (κ3) is 9.82. The monoisotopic (exact) mass is 815 g/mol. The molecule has 0 bridgehead atoms. The zero-order valence-electron chi connectivity index (χ0n) is 31.5. The largest absolute Gasteiger partial charge is 0.471 e. The standard InChI is InChI=1S/C37H44F3N7O5S2Si/c1-24(54-53-7)51-28-21-30(52-29(28)22-50-55(36(2,3)4,25-15-10-8-11-16-25)26-17-12-9-13-18-26)47-32-31(33(48)44-35(43-32)42-23-46(5)6)27(45-47)19-14-20-41-34(49)37(38,39)40/h8-13,15-18,23-24,28-30H,20-22H2,1-7H3,(H,41,49)(H,43,44,48)/b42-23-/t24?,28-,29-,30-/m1/s1. The molecule has 3 heterocycles. The summed E-state index contributed by atoms with van der Waals surface area (Å²) in [6, 6.07) is 20.5. The van der Waals surface area contributed by atoms with Gasteiger partial charge in [0.25, 0.3) is 13.9 Å². The van der Waals surface area contributed by atoms with E-state index in [1.54, 1.807) is 45.9 Å². The molecule has 12 nitrogen and oxygen atoms in total. The smallest absolute Gasteiger partial charge is 0.405 e. The highest BCUT2D eigenvalue weighted by Gasteiger charge is 2.51. The molecular weight excluding hydrogens is 772 g/mol. The number of carbonyl (C=O) groups excluding carboxylic acids is 1. The Morgan fingerprint density at radius 1 is 1.16 bits per heavy atom. The highest BCUT2D eigenvalue weighted by Crippen LogP contribution is 2.40. The highest BCUT2D eigenvalue weighted by molar-refractivity contribution is 8.76. The van der Waals surface area contributed by atoms with Gasteiger partial charge in [-0.25, -0.2) is 9.67 Å². The number of hydrogen-bond donors (Lipinski definition) is 2. The van der Waals surface area contributed by atoms with Gasteiger partial charge < -0.3 is 24.1 Å². The van der Waals surface area contributed by atoms with Crippen molar-refractivity contribution in [1.29, 1.82) is 0 Å². The number of aromatic amines is 1. The van der Waals surface area contributed by atoms with Gasteiger partial charge in [0.2, 0.25) is 5.95 Å². The molecular formula is C37H44F3N7O5S2Si. The van der Waals surface area contributed by atoms with Gasteiger partial charge in [-0.05, 0) is 34.5 Å². The van der Waals surface area contributed by atoms with Gasteiger partial charge in [0, 0.05) is 20.5 Å². The fraction of sp³-hybridized carbons (Fsp3) is 0.432. The molecule has 1 fully saturated rings. The van der Waals surface area contributed by atoms with E-state index in [2.05, 4.69) is 76.9 Å². The molecule has 4 atom stereocenters. The van der Waals surface area contributed by atoms with Crippen molar-refractivity contribution in [2.24, 2.45) is 4.99 Å². The summed E-state index contributed by atoms with van der Waals surface area (Å²) in [5, 5.41) is 8.20. The minimum atomic E-state index is -5.07. The van der Waals surface area contributed by atoms with Crippen molar-refractivity contribution in [3.05, 3.63) is 76.7 Å². The molecule has 1 saturated heterocycles. The molecule has 5 rings (SSSR count). The van der Waals surface area contributed by atoms with Gasteiger partial charge in [0.1, 0.15) is 16.9 Å². The Kier molecular flexibility index (Phi) is 13.6. The Labute approximate surface area is 326 Å². The van der Waals surface area contributed by atoms with Crippen LogP contribution in [0.5, 0.6) is 0 Å². The second-order valence-electron chi connectivity index (χ2n) is 13.9. The van der Waals surface area contributed by atoms with Gasteiger partial charge in [-0.3, -0.25) is 14.6 Å². The molecule has 2 aromatic carbocycles. The second kappa shape index (κ2) is 17.8. The second-order valence-corrected chi connectivity index (χ2v) is 21.0. The van der Waals surface area contributed by atoms with Crippen LogP contribution in [0.2, 0.25) is 5.04 Å². The quantitative estimate of drug-likeness (QED) is 0.0476. The number of rotatable bonds is 13. The maximum absolute atomic E-state index is 13.5. The Bertz CT molecular complexity index is 2040. The fourth-order valence-electron chi connectivity index (χ4n) is 6.42. The summed E-state index contributed by atoms with van der Waals surface area (Å²) in [5.41, 5.74) is -0.795. The van der Waals surface area contributed by atoms with Crippen molar-refractivity contribution in [1.82, 2.24) is 30.0 Å². The van der Waals surface area contributed by atoms with Crippen LogP contribution in [0.15, 0.2) is 70.5 Å². The van der Waals surface area contributed by atoms with E-state index in [4.69, 9.17) is 13.9 Å². The molecule has 4 aromatic rings. The predicted molar refractivity (Wildman–Crippen MR) is 213 cm³/mol. The number of benzene rings is 2. The lowest BCUT2D eigenvalue weighted by molar-refractivity contribution is -0.173. The number of hydrogen-bond acceptors (Lipinski definition) is 10. The normalized spacial score (nSPS) is 18.3. The average Bonchev–Trinajstić information content (AvgIpc) is 3.70. The van der Waals surface area contributed by atoms with E-state index >= 15 is 0 Å². The summed E-state index contributed by atoms with van der Waals surface area (Å²) < 4.78 is 60.2. The maximum Gasteiger partial charge on any atom is 0.471 e. The summed E-state index contributed by atoms with van der Waals surface area (Å²) in [7, 11) is 3.67. The molecule has 1 aliphatic rings. The van der Waals surface area contributed by atoms with Gasteiger partial charge in [0.05, 0.1) is 25.6 Å². The first-order chi connectivity index (χ1) is 26.0. The number of fused-ring (bicyclic) bond motifs is 1. The van der Waals surface area contributed by atoms with Crippen LogP contribution in [-0.4, -0.2) is 103 Å². The maximum atomic E-state index is 13.5. The van der Waals surface area contributed by atoms with Crippen LogP contribution in [0.4, 0.5) is 19.1 Å². The zero-order valence-corrected chi connectivity index (χ0v) is 34.1. The summed E-state index contributed by atoms with van der Waals surface area (Å²) in [6.07, 6.45) is -3.21. The number of nitrogens with one attached hydrogen (secondary N) is 2. The van der Waals surface area contributed by atoms with Gasteiger partial charge in [-0.15, -0.1) is 0 Å². The number of aromatic nitrogens is 4. The van der Waals surface area contributed by atoms with E-state index in [0.29, 0.717) is 6.42 Å². The van der Waals surface area contributed by atoms with Gasteiger partial charge in [0.15, 0.2) is 17.6 Å². The number of H-pyrrole nitrogens is 1. The van der Waals surface area contributed by atoms with E-state index in [9.17, 15) is 22.8 Å². The predicted octanol–water partition coefficient (Wildman–Crippen LogP) is 4.98. The summed E-state index contributed by atoms with van der Waals surface area (Å²) >= 11 is 0. The molecule has 0 aliphatic carbocycles. The van der Waals surface area contributed by atoms with Crippen LogP contribution in [-0.2, 0) is 18.7 Å². The third-order valence-electron chi connectivity index (χ3n) is 8.69. The summed E-state index contributed by atoms with van der Waals surface area (Å²) in [6.45, 7) is 8.06. The summed E-state index contributed by atoms with van der Waals surface area (Å²) in [4.78, 5) is 37.9. The van der Waals surface area contributed by atoms with Gasteiger partial charge >= 0.3 is 12.1 Å². The zero-order chi connectivity index (χ0) is 40.0. The molecule has 55 heavy (non-hydrogen) atoms. The molecule has 1 aliphatic heterocycles. The molecule has 1 unspecified atom stereocenters. The number of amides is 1. The van der Waals surface area contributed by atoms with Crippen molar-refractivity contribution in [2.75, 3.05) is 33.5 Å². The highest BCUT2D eigenvalue weighted by atomic mass is 33.1. The number of ether oxygens (including phenoxy) is 2. The average molecular weight is 816 g/mol. The van der Waals surface area contributed by atoms with E-state index in [1.165, 1.54) is 11.0 Å². The lowest BCUT2D eigenvalue weighted by atomic mass is 10.2. The first-order valence-corrected chi connectivity index (χ1v) is 21.9.